The quantitative estimate of drug-likeness (QED) is 0.621. The Morgan fingerprint density at radius 3 is 2.44 bits per heavy atom. The average Bonchev–Trinajstić information content (AvgIpc) is 3.14. The van der Waals surface area contributed by atoms with Crippen LogP contribution in [0.2, 0.25) is 0 Å². The van der Waals surface area contributed by atoms with E-state index in [-0.39, 0.29) is 10.6 Å². The van der Waals surface area contributed by atoms with Gasteiger partial charge in [-0.1, -0.05) is 0 Å². The molecule has 2 rings (SSSR count). The largest absolute Gasteiger partial charge is 0.383 e. The van der Waals surface area contributed by atoms with Crippen molar-refractivity contribution >= 4 is 11.4 Å². The number of rotatable bonds is 6. The van der Waals surface area contributed by atoms with Crippen molar-refractivity contribution in [2.45, 2.75) is 18.9 Å². The molecule has 1 N–H and O–H groups in total. The van der Waals surface area contributed by atoms with Crippen molar-refractivity contribution in [3.63, 3.8) is 0 Å². The molecular formula is C13H19N3O2. The number of nitro benzene ring substituents is 1. The minimum Gasteiger partial charge on any atom is -0.383 e. The molecule has 1 aliphatic rings. The first-order valence-corrected chi connectivity index (χ1v) is 6.22. The maximum absolute atomic E-state index is 10.5. The van der Waals surface area contributed by atoms with E-state index >= 15 is 0 Å². The molecule has 1 fully saturated rings. The van der Waals surface area contributed by atoms with E-state index in [0.717, 1.165) is 18.2 Å². The summed E-state index contributed by atoms with van der Waals surface area (Å²) in [6.07, 6.45) is 2.62. The lowest BCUT2D eigenvalue weighted by Crippen LogP contribution is -2.36. The Bertz CT molecular complexity index is 411. The molecule has 0 aliphatic heterocycles. The number of nitrogens with one attached hydrogen (secondary N) is 1. The summed E-state index contributed by atoms with van der Waals surface area (Å²) >= 11 is 0. The van der Waals surface area contributed by atoms with Gasteiger partial charge in [0, 0.05) is 30.4 Å². The monoisotopic (exact) mass is 249 g/mol. The lowest BCUT2D eigenvalue weighted by atomic mass is 10.1. The van der Waals surface area contributed by atoms with Crippen LogP contribution in [0.15, 0.2) is 24.3 Å². The molecule has 1 aromatic carbocycles. The third-order valence-corrected chi connectivity index (χ3v) is 3.42. The van der Waals surface area contributed by atoms with Crippen molar-refractivity contribution in [2.75, 3.05) is 26.0 Å². The summed E-state index contributed by atoms with van der Waals surface area (Å²) in [6.45, 7) is 0.884. The van der Waals surface area contributed by atoms with Gasteiger partial charge < -0.3 is 10.2 Å². The molecule has 0 heterocycles. The smallest absolute Gasteiger partial charge is 0.269 e. The van der Waals surface area contributed by atoms with Crippen LogP contribution in [0.5, 0.6) is 0 Å². The standard InChI is InChI=1S/C13H19N3O2/c1-15(2)13(10-3-4-10)9-14-11-5-7-12(8-6-11)16(17)18/h5-8,10,13-14H,3-4,9H2,1-2H3. The van der Waals surface area contributed by atoms with Gasteiger partial charge in [-0.2, -0.15) is 0 Å². The number of hydrogen-bond acceptors (Lipinski definition) is 4. The van der Waals surface area contributed by atoms with Gasteiger partial charge in [0.25, 0.3) is 5.69 Å². The van der Waals surface area contributed by atoms with Crippen LogP contribution in [0.1, 0.15) is 12.8 Å². The first-order valence-electron chi connectivity index (χ1n) is 6.22. The molecule has 98 valence electrons. The molecule has 1 aromatic rings. The Morgan fingerprint density at radius 2 is 2.00 bits per heavy atom. The maximum Gasteiger partial charge on any atom is 0.269 e. The van der Waals surface area contributed by atoms with Crippen LogP contribution in [0.25, 0.3) is 0 Å². The van der Waals surface area contributed by atoms with Gasteiger partial charge in [-0.25, -0.2) is 0 Å². The van der Waals surface area contributed by atoms with Crippen molar-refractivity contribution in [2.24, 2.45) is 5.92 Å². The first-order chi connectivity index (χ1) is 8.58. The minimum absolute atomic E-state index is 0.131. The summed E-state index contributed by atoms with van der Waals surface area (Å²) in [5.41, 5.74) is 1.07. The third kappa shape index (κ3) is 3.20. The van der Waals surface area contributed by atoms with E-state index in [1.165, 1.54) is 25.0 Å². The molecular weight excluding hydrogens is 230 g/mol. The number of nitro groups is 1. The lowest BCUT2D eigenvalue weighted by molar-refractivity contribution is -0.384. The number of likely N-dealkylation sites (N-methyl/N-ethyl adjacent to an activating group) is 1. The highest BCUT2D eigenvalue weighted by atomic mass is 16.6. The Kier molecular flexibility index (Phi) is 3.81. The van der Waals surface area contributed by atoms with E-state index in [1.54, 1.807) is 12.1 Å². The second-order valence-corrected chi connectivity index (χ2v) is 5.05. The second kappa shape index (κ2) is 5.35. The van der Waals surface area contributed by atoms with Crippen molar-refractivity contribution in [3.05, 3.63) is 34.4 Å². The molecule has 0 saturated heterocycles. The summed E-state index contributed by atoms with van der Waals surface area (Å²) in [6, 6.07) is 7.13. The van der Waals surface area contributed by atoms with Gasteiger partial charge in [-0.05, 0) is 45.0 Å². The molecule has 18 heavy (non-hydrogen) atoms. The van der Waals surface area contributed by atoms with Crippen LogP contribution >= 0.6 is 0 Å². The SMILES string of the molecule is CN(C)C(CNc1ccc([N+](=O)[O-])cc1)C1CC1. The van der Waals surface area contributed by atoms with Crippen molar-refractivity contribution in [3.8, 4) is 0 Å². The summed E-state index contributed by atoms with van der Waals surface area (Å²) in [5.74, 6) is 0.797. The Hall–Kier alpha value is -1.62. The van der Waals surface area contributed by atoms with Gasteiger partial charge in [0.2, 0.25) is 0 Å². The van der Waals surface area contributed by atoms with Gasteiger partial charge in [0.1, 0.15) is 0 Å². The van der Waals surface area contributed by atoms with E-state index in [2.05, 4.69) is 24.3 Å². The fraction of sp³-hybridized carbons (Fsp3) is 0.538. The lowest BCUT2D eigenvalue weighted by Gasteiger charge is -2.24. The predicted octanol–water partition coefficient (Wildman–Crippen LogP) is 2.35. The predicted molar refractivity (Wildman–Crippen MR) is 71.8 cm³/mol. The van der Waals surface area contributed by atoms with Gasteiger partial charge in [0.15, 0.2) is 0 Å². The Morgan fingerprint density at radius 1 is 1.39 bits per heavy atom. The summed E-state index contributed by atoms with van der Waals surface area (Å²) in [7, 11) is 4.20. The zero-order valence-corrected chi connectivity index (χ0v) is 10.8. The van der Waals surface area contributed by atoms with Crippen molar-refractivity contribution in [1.82, 2.24) is 4.90 Å². The van der Waals surface area contributed by atoms with E-state index in [4.69, 9.17) is 0 Å². The zero-order chi connectivity index (χ0) is 13.1. The highest BCUT2D eigenvalue weighted by Gasteiger charge is 2.32. The van der Waals surface area contributed by atoms with E-state index in [0.29, 0.717) is 6.04 Å². The van der Waals surface area contributed by atoms with E-state index in [9.17, 15) is 10.1 Å². The van der Waals surface area contributed by atoms with Crippen molar-refractivity contribution < 1.29 is 4.92 Å². The first kappa shape index (κ1) is 12.8. The van der Waals surface area contributed by atoms with Gasteiger partial charge in [-0.15, -0.1) is 0 Å². The van der Waals surface area contributed by atoms with E-state index in [1.807, 2.05) is 0 Å². The maximum atomic E-state index is 10.5. The normalized spacial score (nSPS) is 16.6. The molecule has 5 heteroatoms. The fourth-order valence-corrected chi connectivity index (χ4v) is 2.18. The van der Waals surface area contributed by atoms with Gasteiger partial charge in [0.05, 0.1) is 4.92 Å². The molecule has 1 saturated carbocycles. The van der Waals surface area contributed by atoms with Crippen molar-refractivity contribution in [1.29, 1.82) is 0 Å². The zero-order valence-electron chi connectivity index (χ0n) is 10.8. The molecule has 0 bridgehead atoms. The van der Waals surface area contributed by atoms with Crippen LogP contribution < -0.4 is 5.32 Å². The Labute approximate surface area is 107 Å². The summed E-state index contributed by atoms with van der Waals surface area (Å²) in [4.78, 5) is 12.4. The van der Waals surface area contributed by atoms with Crippen LogP contribution in [0.3, 0.4) is 0 Å². The number of benzene rings is 1. The fourth-order valence-electron chi connectivity index (χ4n) is 2.18. The molecule has 1 aliphatic carbocycles. The van der Waals surface area contributed by atoms with Crippen LogP contribution in [0, 0.1) is 16.0 Å². The molecule has 1 unspecified atom stereocenters. The Balaban J connectivity index is 1.90. The number of non-ortho nitro benzene ring substituents is 1. The van der Waals surface area contributed by atoms with Gasteiger partial charge in [-0.3, -0.25) is 10.1 Å². The van der Waals surface area contributed by atoms with E-state index < -0.39 is 0 Å². The molecule has 1 atom stereocenters. The third-order valence-electron chi connectivity index (χ3n) is 3.42. The molecule has 0 aromatic heterocycles. The van der Waals surface area contributed by atoms with Crippen LogP contribution in [-0.2, 0) is 0 Å². The molecule has 0 radical (unpaired) electrons. The van der Waals surface area contributed by atoms with Gasteiger partial charge >= 0.3 is 0 Å². The number of nitrogens with zero attached hydrogens (tertiary/aromatic N) is 2. The minimum atomic E-state index is -0.378. The summed E-state index contributed by atoms with van der Waals surface area (Å²) < 4.78 is 0. The number of anilines is 1. The average molecular weight is 249 g/mol. The highest BCUT2D eigenvalue weighted by molar-refractivity contribution is 5.48. The highest BCUT2D eigenvalue weighted by Crippen LogP contribution is 2.34. The molecule has 0 amide bonds. The molecule has 0 spiro atoms. The summed E-state index contributed by atoms with van der Waals surface area (Å²) in [5, 5.41) is 13.9. The number of hydrogen-bond donors (Lipinski definition) is 1. The van der Waals surface area contributed by atoms with Crippen LogP contribution in [0.4, 0.5) is 11.4 Å². The molecule has 5 nitrogen and oxygen atoms in total. The second-order valence-electron chi connectivity index (χ2n) is 5.05. The van der Waals surface area contributed by atoms with Crippen LogP contribution in [-0.4, -0.2) is 36.5 Å². The topological polar surface area (TPSA) is 58.4 Å².